The molecule has 0 aromatic heterocycles. The minimum atomic E-state index is 0.586. The van der Waals surface area contributed by atoms with Gasteiger partial charge in [0.2, 0.25) is 0 Å². The van der Waals surface area contributed by atoms with Crippen LogP contribution in [0.4, 0.5) is 0 Å². The van der Waals surface area contributed by atoms with Crippen LogP contribution in [0.3, 0.4) is 0 Å². The number of rotatable bonds is 5. The average molecular weight is 321 g/mol. The SMILES string of the molecule is CC1CCC(CCc2ccc(-c3cccc(C(C)C)c3)cc2)CC1. The monoisotopic (exact) mass is 320 g/mol. The molecule has 2 aromatic carbocycles. The molecule has 2 aromatic rings. The molecule has 0 heteroatoms. The standard InChI is InChI=1S/C24H32/c1-18(2)23-5-4-6-24(17-23)22-15-13-21(14-16-22)12-11-20-9-7-19(3)8-10-20/h4-6,13-20H,7-12H2,1-3H3. The third-order valence-electron chi connectivity index (χ3n) is 5.82. The van der Waals surface area contributed by atoms with E-state index in [-0.39, 0.29) is 0 Å². The van der Waals surface area contributed by atoms with Crippen LogP contribution < -0.4 is 0 Å². The quantitative estimate of drug-likeness (QED) is 0.545. The molecule has 0 nitrogen and oxygen atoms in total. The molecule has 0 heterocycles. The zero-order valence-corrected chi connectivity index (χ0v) is 15.6. The van der Waals surface area contributed by atoms with E-state index in [4.69, 9.17) is 0 Å². The molecule has 128 valence electrons. The van der Waals surface area contributed by atoms with E-state index in [1.807, 2.05) is 0 Å². The van der Waals surface area contributed by atoms with E-state index in [2.05, 4.69) is 69.3 Å². The summed E-state index contributed by atoms with van der Waals surface area (Å²) in [7, 11) is 0. The lowest BCUT2D eigenvalue weighted by Crippen LogP contribution is -2.12. The van der Waals surface area contributed by atoms with E-state index in [9.17, 15) is 0 Å². The molecule has 3 rings (SSSR count). The molecule has 0 radical (unpaired) electrons. The minimum Gasteiger partial charge on any atom is -0.0625 e. The second-order valence-electron chi connectivity index (χ2n) is 8.14. The van der Waals surface area contributed by atoms with Gasteiger partial charge in [0.25, 0.3) is 0 Å². The van der Waals surface area contributed by atoms with Gasteiger partial charge in [0, 0.05) is 0 Å². The molecule has 0 bridgehead atoms. The van der Waals surface area contributed by atoms with E-state index in [1.54, 1.807) is 0 Å². The highest BCUT2D eigenvalue weighted by molar-refractivity contribution is 5.64. The lowest BCUT2D eigenvalue weighted by Gasteiger charge is -2.26. The van der Waals surface area contributed by atoms with Crippen LogP contribution in [-0.2, 0) is 6.42 Å². The second-order valence-corrected chi connectivity index (χ2v) is 8.14. The maximum absolute atomic E-state index is 2.41. The molecule has 0 N–H and O–H groups in total. The zero-order valence-electron chi connectivity index (χ0n) is 15.6. The number of aryl methyl sites for hydroxylation is 1. The highest BCUT2D eigenvalue weighted by Gasteiger charge is 2.17. The Labute approximate surface area is 148 Å². The summed E-state index contributed by atoms with van der Waals surface area (Å²) >= 11 is 0. The van der Waals surface area contributed by atoms with Crippen LogP contribution in [0, 0.1) is 11.8 Å². The first-order valence-corrected chi connectivity index (χ1v) is 9.81. The van der Waals surface area contributed by atoms with Gasteiger partial charge in [0.15, 0.2) is 0 Å². The molecule has 1 aliphatic rings. The van der Waals surface area contributed by atoms with E-state index >= 15 is 0 Å². The molecule has 0 saturated heterocycles. The summed E-state index contributed by atoms with van der Waals surface area (Å²) < 4.78 is 0. The van der Waals surface area contributed by atoms with Crippen LogP contribution in [-0.4, -0.2) is 0 Å². The smallest absolute Gasteiger partial charge is 0.0181 e. The Kier molecular flexibility index (Phi) is 5.76. The van der Waals surface area contributed by atoms with Gasteiger partial charge in [-0.3, -0.25) is 0 Å². The normalized spacial score (nSPS) is 21.2. The fourth-order valence-corrected chi connectivity index (χ4v) is 3.93. The lowest BCUT2D eigenvalue weighted by atomic mass is 9.80. The average Bonchev–Trinajstić information content (AvgIpc) is 2.62. The summed E-state index contributed by atoms with van der Waals surface area (Å²) in [5, 5.41) is 0. The van der Waals surface area contributed by atoms with Crippen molar-refractivity contribution in [2.45, 2.75) is 65.2 Å². The summed E-state index contributed by atoms with van der Waals surface area (Å²) in [5.41, 5.74) is 5.60. The molecular formula is C24H32. The third kappa shape index (κ3) is 4.50. The number of benzene rings is 2. The van der Waals surface area contributed by atoms with Gasteiger partial charge in [-0.05, 0) is 52.8 Å². The van der Waals surface area contributed by atoms with Gasteiger partial charge in [-0.1, -0.05) is 95.0 Å². The third-order valence-corrected chi connectivity index (χ3v) is 5.82. The summed E-state index contributed by atoms with van der Waals surface area (Å²) in [6.07, 6.45) is 8.38. The van der Waals surface area contributed by atoms with Gasteiger partial charge >= 0.3 is 0 Å². The molecule has 0 amide bonds. The van der Waals surface area contributed by atoms with Crippen LogP contribution in [0.5, 0.6) is 0 Å². The zero-order chi connectivity index (χ0) is 16.9. The number of hydrogen-bond donors (Lipinski definition) is 0. The van der Waals surface area contributed by atoms with Crippen molar-refractivity contribution >= 4 is 0 Å². The first kappa shape index (κ1) is 17.3. The van der Waals surface area contributed by atoms with Gasteiger partial charge in [0.1, 0.15) is 0 Å². The van der Waals surface area contributed by atoms with Crippen molar-refractivity contribution in [3.63, 3.8) is 0 Å². The first-order valence-electron chi connectivity index (χ1n) is 9.81. The molecule has 1 saturated carbocycles. The second kappa shape index (κ2) is 8.01. The maximum Gasteiger partial charge on any atom is -0.0181 e. The molecule has 0 spiro atoms. The Morgan fingerprint density at radius 2 is 1.58 bits per heavy atom. The van der Waals surface area contributed by atoms with Crippen molar-refractivity contribution in [2.75, 3.05) is 0 Å². The van der Waals surface area contributed by atoms with Crippen molar-refractivity contribution in [3.05, 3.63) is 59.7 Å². The van der Waals surface area contributed by atoms with Crippen LogP contribution >= 0.6 is 0 Å². The molecule has 1 aliphatic carbocycles. The number of hydrogen-bond acceptors (Lipinski definition) is 0. The highest BCUT2D eigenvalue weighted by atomic mass is 14.2. The summed E-state index contributed by atoms with van der Waals surface area (Å²) in [4.78, 5) is 0. The Morgan fingerprint density at radius 3 is 2.25 bits per heavy atom. The van der Waals surface area contributed by atoms with Crippen LogP contribution in [0.25, 0.3) is 11.1 Å². The van der Waals surface area contributed by atoms with Gasteiger partial charge in [-0.25, -0.2) is 0 Å². The predicted molar refractivity (Wildman–Crippen MR) is 105 cm³/mol. The van der Waals surface area contributed by atoms with Crippen molar-refractivity contribution in [2.24, 2.45) is 11.8 Å². The molecular weight excluding hydrogens is 288 g/mol. The topological polar surface area (TPSA) is 0 Å². The molecule has 1 fully saturated rings. The van der Waals surface area contributed by atoms with Gasteiger partial charge in [0.05, 0.1) is 0 Å². The Morgan fingerprint density at radius 1 is 0.875 bits per heavy atom. The fraction of sp³-hybridized carbons (Fsp3) is 0.500. The van der Waals surface area contributed by atoms with Crippen molar-refractivity contribution in [1.82, 2.24) is 0 Å². The van der Waals surface area contributed by atoms with E-state index in [0.717, 1.165) is 11.8 Å². The summed E-state index contributed by atoms with van der Waals surface area (Å²) in [6.45, 7) is 6.92. The Bertz CT molecular complexity index is 627. The van der Waals surface area contributed by atoms with Gasteiger partial charge in [-0.2, -0.15) is 0 Å². The van der Waals surface area contributed by atoms with E-state index < -0.39 is 0 Å². The summed E-state index contributed by atoms with van der Waals surface area (Å²) in [5.74, 6) is 2.51. The fourth-order valence-electron chi connectivity index (χ4n) is 3.93. The molecule has 0 atom stereocenters. The lowest BCUT2D eigenvalue weighted by molar-refractivity contribution is 0.278. The van der Waals surface area contributed by atoms with Crippen molar-refractivity contribution < 1.29 is 0 Å². The maximum atomic E-state index is 2.41. The Balaban J connectivity index is 1.60. The van der Waals surface area contributed by atoms with Crippen LogP contribution in [0.2, 0.25) is 0 Å². The largest absolute Gasteiger partial charge is 0.0625 e. The van der Waals surface area contributed by atoms with Crippen LogP contribution in [0.1, 0.15) is 69.9 Å². The molecule has 0 aliphatic heterocycles. The van der Waals surface area contributed by atoms with Crippen molar-refractivity contribution in [1.29, 1.82) is 0 Å². The van der Waals surface area contributed by atoms with E-state index in [0.29, 0.717) is 5.92 Å². The Hall–Kier alpha value is -1.56. The van der Waals surface area contributed by atoms with Crippen molar-refractivity contribution in [3.8, 4) is 11.1 Å². The first-order chi connectivity index (χ1) is 11.6. The van der Waals surface area contributed by atoms with Gasteiger partial charge < -0.3 is 0 Å². The molecule has 0 unspecified atom stereocenters. The minimum absolute atomic E-state index is 0.586. The molecule has 24 heavy (non-hydrogen) atoms. The predicted octanol–water partition coefficient (Wildman–Crippen LogP) is 7.24. The van der Waals surface area contributed by atoms with Gasteiger partial charge in [-0.15, -0.1) is 0 Å². The van der Waals surface area contributed by atoms with Crippen LogP contribution in [0.15, 0.2) is 48.5 Å². The highest BCUT2D eigenvalue weighted by Crippen LogP contribution is 2.31. The van der Waals surface area contributed by atoms with E-state index in [1.165, 1.54) is 60.8 Å². The summed E-state index contributed by atoms with van der Waals surface area (Å²) in [6, 6.07) is 18.3.